The van der Waals surface area contributed by atoms with E-state index >= 15 is 0 Å². The summed E-state index contributed by atoms with van der Waals surface area (Å²) in [6.07, 6.45) is 1.82. The number of benzene rings is 1. The van der Waals surface area contributed by atoms with E-state index in [1.54, 1.807) is 11.3 Å². The Hall–Kier alpha value is -0.910. The van der Waals surface area contributed by atoms with Crippen LogP contribution in [0.2, 0.25) is 0 Å². The topological polar surface area (TPSA) is 25.8 Å². The summed E-state index contributed by atoms with van der Waals surface area (Å²) in [5.41, 5.74) is 2.15. The Kier molecular flexibility index (Phi) is 3.86. The van der Waals surface area contributed by atoms with Gasteiger partial charge in [0.2, 0.25) is 0 Å². The average molecular weight is 351 g/mol. The number of thiazole rings is 1. The van der Waals surface area contributed by atoms with Crippen molar-refractivity contribution in [1.29, 1.82) is 0 Å². The van der Waals surface area contributed by atoms with Gasteiger partial charge in [0.15, 0.2) is 0 Å². The maximum absolute atomic E-state index is 4.70. The summed E-state index contributed by atoms with van der Waals surface area (Å²) in [4.78, 5) is 11.4. The van der Waals surface area contributed by atoms with Gasteiger partial charge in [-0.1, -0.05) is 36.5 Å². The van der Waals surface area contributed by atoms with Gasteiger partial charge >= 0.3 is 0 Å². The quantitative estimate of drug-likeness (QED) is 0.604. The molecule has 2 heterocycles. The van der Waals surface area contributed by atoms with Crippen LogP contribution in [-0.4, -0.2) is 15.7 Å². The minimum Gasteiger partial charge on any atom is -0.242 e. The van der Waals surface area contributed by atoms with Crippen LogP contribution in [0.1, 0.15) is 6.92 Å². The summed E-state index contributed by atoms with van der Waals surface area (Å²) in [5, 5.41) is 1.04. The van der Waals surface area contributed by atoms with Crippen molar-refractivity contribution in [2.75, 3.05) is 5.75 Å². The lowest BCUT2D eigenvalue weighted by Gasteiger charge is -2.04. The lowest BCUT2D eigenvalue weighted by molar-refractivity contribution is 1.36. The Morgan fingerprint density at radius 3 is 3.00 bits per heavy atom. The molecule has 96 valence electrons. The lowest BCUT2D eigenvalue weighted by Crippen LogP contribution is -1.81. The van der Waals surface area contributed by atoms with Gasteiger partial charge in [0.05, 0.1) is 0 Å². The SMILES string of the molecule is CCSc1ccccc1-c1nc2cc(Br)cnc2s1. The maximum Gasteiger partial charge on any atom is 0.143 e. The molecule has 3 rings (SSSR count). The van der Waals surface area contributed by atoms with Gasteiger partial charge in [-0.15, -0.1) is 11.8 Å². The number of hydrogen-bond acceptors (Lipinski definition) is 4. The molecule has 0 saturated heterocycles. The number of rotatable bonds is 3. The van der Waals surface area contributed by atoms with E-state index in [1.807, 2.05) is 24.0 Å². The average Bonchev–Trinajstić information content (AvgIpc) is 2.82. The molecule has 0 amide bonds. The summed E-state index contributed by atoms with van der Waals surface area (Å²) in [7, 11) is 0. The molecule has 0 fully saturated rings. The van der Waals surface area contributed by atoms with E-state index in [0.717, 1.165) is 25.6 Å². The van der Waals surface area contributed by atoms with Crippen molar-refractivity contribution >= 4 is 49.4 Å². The van der Waals surface area contributed by atoms with Crippen molar-refractivity contribution in [3.63, 3.8) is 0 Å². The van der Waals surface area contributed by atoms with Gasteiger partial charge in [-0.2, -0.15) is 0 Å². The van der Waals surface area contributed by atoms with Gasteiger partial charge in [-0.05, 0) is 33.8 Å². The zero-order valence-electron chi connectivity index (χ0n) is 10.3. The van der Waals surface area contributed by atoms with Gasteiger partial charge in [0, 0.05) is 21.1 Å². The van der Waals surface area contributed by atoms with Crippen LogP contribution in [0.4, 0.5) is 0 Å². The molecule has 0 bridgehead atoms. The Morgan fingerprint density at radius 2 is 2.16 bits per heavy atom. The second kappa shape index (κ2) is 5.61. The van der Waals surface area contributed by atoms with Crippen LogP contribution in [0.5, 0.6) is 0 Å². The number of halogens is 1. The number of aromatic nitrogens is 2. The highest BCUT2D eigenvalue weighted by Gasteiger charge is 2.11. The Bertz CT molecular complexity index is 724. The van der Waals surface area contributed by atoms with Crippen molar-refractivity contribution in [1.82, 2.24) is 9.97 Å². The summed E-state index contributed by atoms with van der Waals surface area (Å²) in [6.45, 7) is 2.17. The molecular formula is C14H11BrN2S2. The molecule has 0 unspecified atom stereocenters. The van der Waals surface area contributed by atoms with Gasteiger partial charge in [0.1, 0.15) is 15.4 Å². The number of nitrogens with zero attached hydrogens (tertiary/aromatic N) is 2. The Labute approximate surface area is 128 Å². The van der Waals surface area contributed by atoms with Crippen molar-refractivity contribution < 1.29 is 0 Å². The fourth-order valence-electron chi connectivity index (χ4n) is 1.84. The highest BCUT2D eigenvalue weighted by molar-refractivity contribution is 9.10. The number of pyridine rings is 1. The van der Waals surface area contributed by atoms with E-state index in [1.165, 1.54) is 10.5 Å². The fraction of sp³-hybridized carbons (Fsp3) is 0.143. The third kappa shape index (κ3) is 2.68. The first-order valence-corrected chi connectivity index (χ1v) is 8.51. The van der Waals surface area contributed by atoms with Gasteiger partial charge in [-0.3, -0.25) is 0 Å². The van der Waals surface area contributed by atoms with Crippen LogP contribution in [0, 0.1) is 0 Å². The van der Waals surface area contributed by atoms with Crippen molar-refractivity contribution in [2.24, 2.45) is 0 Å². The van der Waals surface area contributed by atoms with E-state index in [4.69, 9.17) is 4.98 Å². The predicted molar refractivity (Wildman–Crippen MR) is 86.9 cm³/mol. The van der Waals surface area contributed by atoms with E-state index in [0.29, 0.717) is 0 Å². The van der Waals surface area contributed by atoms with E-state index in [-0.39, 0.29) is 0 Å². The van der Waals surface area contributed by atoms with Crippen molar-refractivity contribution in [3.8, 4) is 10.6 Å². The Morgan fingerprint density at radius 1 is 1.32 bits per heavy atom. The largest absolute Gasteiger partial charge is 0.242 e. The molecule has 1 aromatic carbocycles. The molecule has 0 radical (unpaired) electrons. The number of thioether (sulfide) groups is 1. The first-order chi connectivity index (χ1) is 9.28. The number of hydrogen-bond donors (Lipinski definition) is 0. The van der Waals surface area contributed by atoms with Crippen molar-refractivity contribution in [2.45, 2.75) is 11.8 Å². The van der Waals surface area contributed by atoms with E-state index < -0.39 is 0 Å². The molecule has 0 spiro atoms. The highest BCUT2D eigenvalue weighted by Crippen LogP contribution is 2.35. The first kappa shape index (κ1) is 13.1. The molecule has 2 nitrogen and oxygen atoms in total. The van der Waals surface area contributed by atoms with Crippen LogP contribution >= 0.6 is 39.0 Å². The van der Waals surface area contributed by atoms with Crippen molar-refractivity contribution in [3.05, 3.63) is 41.0 Å². The van der Waals surface area contributed by atoms with Crippen LogP contribution in [0.15, 0.2) is 45.9 Å². The molecule has 0 aliphatic carbocycles. The van der Waals surface area contributed by atoms with Gasteiger partial charge in [0.25, 0.3) is 0 Å². The predicted octanol–water partition coefficient (Wildman–Crippen LogP) is 5.23. The second-order valence-electron chi connectivity index (χ2n) is 3.93. The summed E-state index contributed by atoms with van der Waals surface area (Å²) < 4.78 is 0.966. The molecule has 19 heavy (non-hydrogen) atoms. The first-order valence-electron chi connectivity index (χ1n) is 5.92. The zero-order valence-corrected chi connectivity index (χ0v) is 13.5. The van der Waals surface area contributed by atoms with E-state index in [2.05, 4.69) is 52.1 Å². The second-order valence-corrected chi connectivity index (χ2v) is 7.13. The highest BCUT2D eigenvalue weighted by atomic mass is 79.9. The minimum atomic E-state index is 0.950. The third-order valence-corrected chi connectivity index (χ3v) is 5.03. The molecule has 0 N–H and O–H groups in total. The zero-order chi connectivity index (χ0) is 13.2. The molecular weight excluding hydrogens is 340 g/mol. The molecule has 3 aromatic rings. The third-order valence-electron chi connectivity index (χ3n) is 2.63. The molecule has 0 aliphatic rings. The van der Waals surface area contributed by atoms with E-state index in [9.17, 15) is 0 Å². The monoisotopic (exact) mass is 350 g/mol. The Balaban J connectivity index is 2.13. The van der Waals surface area contributed by atoms with Gasteiger partial charge < -0.3 is 0 Å². The summed E-state index contributed by atoms with van der Waals surface area (Å²) >= 11 is 6.92. The van der Waals surface area contributed by atoms with Crippen LogP contribution in [0.25, 0.3) is 20.9 Å². The minimum absolute atomic E-state index is 0.950. The van der Waals surface area contributed by atoms with Crippen LogP contribution in [0.3, 0.4) is 0 Å². The summed E-state index contributed by atoms with van der Waals surface area (Å²) in [5.74, 6) is 1.06. The fourth-order valence-corrected chi connectivity index (χ4v) is 3.96. The molecule has 2 aromatic heterocycles. The number of fused-ring (bicyclic) bond motifs is 1. The molecule has 0 saturated carbocycles. The standard InChI is InChI=1S/C14H11BrN2S2/c1-2-18-12-6-4-3-5-10(12)13-17-11-7-9(15)8-16-14(11)19-13/h3-8H,2H2,1H3. The van der Waals surface area contributed by atoms with Crippen LogP contribution < -0.4 is 0 Å². The lowest BCUT2D eigenvalue weighted by atomic mass is 10.2. The summed E-state index contributed by atoms with van der Waals surface area (Å²) in [6, 6.07) is 10.4. The maximum atomic E-state index is 4.70. The van der Waals surface area contributed by atoms with Gasteiger partial charge in [-0.25, -0.2) is 9.97 Å². The smallest absolute Gasteiger partial charge is 0.143 e. The molecule has 0 atom stereocenters. The molecule has 0 aliphatic heterocycles. The van der Waals surface area contributed by atoms with Crippen LogP contribution in [-0.2, 0) is 0 Å². The normalized spacial score (nSPS) is 11.1. The molecule has 5 heteroatoms.